The smallest absolute Gasteiger partial charge is 0.373 e. The standard InChI is InChI=1S/C25H31FO6/c1-4-7-13-31-23-16-19(17-24(29-5-2)25(28)30-6-3)9-11-22(23)32-14-12-18-8-10-21(27)20(26)15-18/h8-11,15-17,27H,4-7,12-14H2,1-3H3/b24-17-. The maximum absolute atomic E-state index is 13.5. The van der Waals surface area contributed by atoms with Crippen molar-refractivity contribution in [2.24, 2.45) is 0 Å². The Morgan fingerprint density at radius 1 is 0.969 bits per heavy atom. The summed E-state index contributed by atoms with van der Waals surface area (Å²) in [4.78, 5) is 12.1. The number of hydrogen-bond acceptors (Lipinski definition) is 6. The number of phenols is 1. The van der Waals surface area contributed by atoms with Crippen molar-refractivity contribution in [1.82, 2.24) is 0 Å². The van der Waals surface area contributed by atoms with Crippen LogP contribution in [0.3, 0.4) is 0 Å². The van der Waals surface area contributed by atoms with Crippen LogP contribution in [-0.2, 0) is 20.7 Å². The first-order valence-corrected chi connectivity index (χ1v) is 10.9. The van der Waals surface area contributed by atoms with Crippen LogP contribution in [0.25, 0.3) is 6.08 Å². The van der Waals surface area contributed by atoms with E-state index >= 15 is 0 Å². The number of esters is 1. The molecule has 0 bridgehead atoms. The van der Waals surface area contributed by atoms with Gasteiger partial charge in [0.2, 0.25) is 5.76 Å². The Balaban J connectivity index is 2.17. The van der Waals surface area contributed by atoms with Gasteiger partial charge >= 0.3 is 5.97 Å². The van der Waals surface area contributed by atoms with E-state index in [4.69, 9.17) is 18.9 Å². The molecular formula is C25H31FO6. The number of carbonyl (C=O) groups excluding carboxylic acids is 1. The average molecular weight is 447 g/mol. The average Bonchev–Trinajstić information content (AvgIpc) is 2.77. The Morgan fingerprint density at radius 2 is 1.72 bits per heavy atom. The van der Waals surface area contributed by atoms with E-state index in [0.29, 0.717) is 48.9 Å². The van der Waals surface area contributed by atoms with E-state index in [1.807, 2.05) is 0 Å². The number of aromatic hydroxyl groups is 1. The molecule has 0 fully saturated rings. The van der Waals surface area contributed by atoms with Crippen molar-refractivity contribution in [3.8, 4) is 17.2 Å². The van der Waals surface area contributed by atoms with Gasteiger partial charge in [-0.2, -0.15) is 0 Å². The summed E-state index contributed by atoms with van der Waals surface area (Å²) >= 11 is 0. The summed E-state index contributed by atoms with van der Waals surface area (Å²) in [5, 5.41) is 9.31. The number of benzene rings is 2. The molecule has 174 valence electrons. The lowest BCUT2D eigenvalue weighted by atomic mass is 10.1. The van der Waals surface area contributed by atoms with E-state index in [2.05, 4.69) is 6.92 Å². The summed E-state index contributed by atoms with van der Waals surface area (Å²) in [6.45, 7) is 7.03. The molecule has 6 nitrogen and oxygen atoms in total. The Bertz CT molecular complexity index is 909. The van der Waals surface area contributed by atoms with Gasteiger partial charge in [0.05, 0.1) is 26.4 Å². The second-order valence-corrected chi connectivity index (χ2v) is 6.95. The highest BCUT2D eigenvalue weighted by Crippen LogP contribution is 2.30. The molecule has 0 aliphatic heterocycles. The van der Waals surface area contributed by atoms with Crippen LogP contribution in [0.15, 0.2) is 42.2 Å². The zero-order chi connectivity index (χ0) is 23.3. The highest BCUT2D eigenvalue weighted by atomic mass is 19.1. The quantitative estimate of drug-likeness (QED) is 0.196. The summed E-state index contributed by atoms with van der Waals surface area (Å²) < 4.78 is 35.8. The van der Waals surface area contributed by atoms with Gasteiger partial charge in [0, 0.05) is 6.42 Å². The Hall–Kier alpha value is -3.22. The SMILES string of the molecule is CCCCOc1cc(/C=C(\OCC)C(=O)OCC)ccc1OCCc1ccc(O)c(F)c1. The third-order valence-corrected chi connectivity index (χ3v) is 4.46. The van der Waals surface area contributed by atoms with Gasteiger partial charge in [0.15, 0.2) is 23.1 Å². The molecule has 0 radical (unpaired) electrons. The number of hydrogen-bond donors (Lipinski definition) is 1. The van der Waals surface area contributed by atoms with Gasteiger partial charge in [0.25, 0.3) is 0 Å². The van der Waals surface area contributed by atoms with Crippen LogP contribution in [0.4, 0.5) is 4.39 Å². The predicted molar refractivity (Wildman–Crippen MR) is 120 cm³/mol. The third-order valence-electron chi connectivity index (χ3n) is 4.46. The number of rotatable bonds is 13. The summed E-state index contributed by atoms with van der Waals surface area (Å²) in [6, 6.07) is 9.60. The topological polar surface area (TPSA) is 74.2 Å². The predicted octanol–water partition coefficient (Wildman–Crippen LogP) is 5.27. The Kier molecular flexibility index (Phi) is 10.4. The van der Waals surface area contributed by atoms with Crippen molar-refractivity contribution in [1.29, 1.82) is 0 Å². The van der Waals surface area contributed by atoms with Gasteiger partial charge in [-0.25, -0.2) is 9.18 Å². The summed E-state index contributed by atoms with van der Waals surface area (Å²) in [7, 11) is 0. The van der Waals surface area contributed by atoms with Crippen LogP contribution in [-0.4, -0.2) is 37.5 Å². The largest absolute Gasteiger partial charge is 0.505 e. The van der Waals surface area contributed by atoms with Crippen LogP contribution >= 0.6 is 0 Å². The van der Waals surface area contributed by atoms with Crippen LogP contribution in [0.1, 0.15) is 44.7 Å². The number of halogens is 1. The van der Waals surface area contributed by atoms with E-state index in [-0.39, 0.29) is 18.1 Å². The van der Waals surface area contributed by atoms with Gasteiger partial charge in [-0.05, 0) is 61.7 Å². The van der Waals surface area contributed by atoms with E-state index in [1.54, 1.807) is 44.2 Å². The molecule has 1 N–H and O–H groups in total. The second kappa shape index (κ2) is 13.2. The van der Waals surface area contributed by atoms with Gasteiger partial charge in [-0.3, -0.25) is 0 Å². The van der Waals surface area contributed by atoms with E-state index in [0.717, 1.165) is 12.8 Å². The fourth-order valence-corrected chi connectivity index (χ4v) is 2.83. The van der Waals surface area contributed by atoms with Crippen molar-refractivity contribution in [3.63, 3.8) is 0 Å². The molecule has 0 atom stereocenters. The monoisotopic (exact) mass is 446 g/mol. The van der Waals surface area contributed by atoms with Crippen LogP contribution in [0.2, 0.25) is 0 Å². The highest BCUT2D eigenvalue weighted by molar-refractivity contribution is 5.91. The van der Waals surface area contributed by atoms with Gasteiger partial charge in [-0.15, -0.1) is 0 Å². The lowest BCUT2D eigenvalue weighted by Gasteiger charge is -2.14. The lowest BCUT2D eigenvalue weighted by Crippen LogP contribution is -2.10. The first-order chi connectivity index (χ1) is 15.5. The van der Waals surface area contributed by atoms with E-state index in [1.165, 1.54) is 12.1 Å². The molecule has 0 saturated heterocycles. The minimum absolute atomic E-state index is 0.122. The van der Waals surface area contributed by atoms with Gasteiger partial charge in [-0.1, -0.05) is 25.5 Å². The molecule has 0 saturated carbocycles. The fourth-order valence-electron chi connectivity index (χ4n) is 2.83. The first kappa shape index (κ1) is 25.0. The minimum Gasteiger partial charge on any atom is -0.505 e. The van der Waals surface area contributed by atoms with Crippen LogP contribution in [0, 0.1) is 5.82 Å². The van der Waals surface area contributed by atoms with Crippen LogP contribution < -0.4 is 9.47 Å². The van der Waals surface area contributed by atoms with E-state index < -0.39 is 11.8 Å². The van der Waals surface area contributed by atoms with Gasteiger partial charge < -0.3 is 24.1 Å². The number of carbonyl (C=O) groups is 1. The number of ether oxygens (including phenoxy) is 4. The molecule has 0 amide bonds. The normalized spacial score (nSPS) is 11.2. The maximum atomic E-state index is 13.5. The minimum atomic E-state index is -0.658. The fraction of sp³-hybridized carbons (Fsp3) is 0.400. The van der Waals surface area contributed by atoms with E-state index in [9.17, 15) is 14.3 Å². The first-order valence-electron chi connectivity index (χ1n) is 10.9. The zero-order valence-corrected chi connectivity index (χ0v) is 18.9. The third kappa shape index (κ3) is 7.80. The molecule has 0 aliphatic rings. The van der Waals surface area contributed by atoms with Gasteiger partial charge in [0.1, 0.15) is 0 Å². The molecule has 0 aromatic heterocycles. The molecule has 32 heavy (non-hydrogen) atoms. The summed E-state index contributed by atoms with van der Waals surface area (Å²) in [6.07, 6.45) is 3.95. The molecule has 2 rings (SSSR count). The van der Waals surface area contributed by atoms with Crippen molar-refractivity contribution < 1.29 is 33.2 Å². The molecule has 0 unspecified atom stereocenters. The number of phenolic OH excluding ortho intramolecular Hbond substituents is 1. The molecule has 2 aromatic rings. The van der Waals surface area contributed by atoms with Crippen molar-refractivity contribution >= 4 is 12.0 Å². The number of unbranched alkanes of at least 4 members (excludes halogenated alkanes) is 1. The van der Waals surface area contributed by atoms with Crippen molar-refractivity contribution in [2.75, 3.05) is 26.4 Å². The zero-order valence-electron chi connectivity index (χ0n) is 18.9. The molecule has 7 heteroatoms. The Labute approximate surface area is 188 Å². The second-order valence-electron chi connectivity index (χ2n) is 6.95. The molecule has 0 heterocycles. The lowest BCUT2D eigenvalue weighted by molar-refractivity contribution is -0.142. The molecular weight excluding hydrogens is 415 g/mol. The molecule has 0 spiro atoms. The molecule has 2 aromatic carbocycles. The summed E-state index contributed by atoms with van der Waals surface area (Å²) in [5.41, 5.74) is 1.42. The van der Waals surface area contributed by atoms with Crippen LogP contribution in [0.5, 0.6) is 17.2 Å². The van der Waals surface area contributed by atoms with Crippen molar-refractivity contribution in [2.45, 2.75) is 40.0 Å². The maximum Gasteiger partial charge on any atom is 0.373 e. The Morgan fingerprint density at radius 3 is 2.41 bits per heavy atom. The highest BCUT2D eigenvalue weighted by Gasteiger charge is 2.13. The summed E-state index contributed by atoms with van der Waals surface area (Å²) in [5.74, 6) is -0.343. The molecule has 0 aliphatic carbocycles. The van der Waals surface area contributed by atoms with Crippen molar-refractivity contribution in [3.05, 3.63) is 59.1 Å².